The van der Waals surface area contributed by atoms with Gasteiger partial charge in [0.25, 0.3) is 0 Å². The number of hydrogen-bond acceptors (Lipinski definition) is 4. The zero-order valence-electron chi connectivity index (χ0n) is 23.9. The van der Waals surface area contributed by atoms with Gasteiger partial charge in [0.15, 0.2) is 0 Å². The van der Waals surface area contributed by atoms with Crippen molar-refractivity contribution in [2.75, 3.05) is 24.6 Å². The number of rotatable bonds is 11. The standard InChI is InChI=1S/C33H39FN4O4/c1-2-37(20-21-39)33(42)38(27-8-4-3-5-9-27)22-23-12-14-24(15-13-23)28-10-6-7-11-29(28)32(41)36-30(31(35)40)25-16-18-26(34)19-17-25/h3-5,8-9,12-19,28-30,39H,2,6-7,10-11,20-22H2,1H3,(H2,35,40)(H,36,41)/t28-,29+,30-/m0/s1. The van der Waals surface area contributed by atoms with E-state index in [1.807, 2.05) is 61.5 Å². The summed E-state index contributed by atoms with van der Waals surface area (Å²) in [5.74, 6) is -1.77. The summed E-state index contributed by atoms with van der Waals surface area (Å²) in [6.07, 6.45) is 3.40. The Hall–Kier alpha value is -4.24. The highest BCUT2D eigenvalue weighted by Crippen LogP contribution is 2.38. The molecule has 3 atom stereocenters. The van der Waals surface area contributed by atoms with Crippen LogP contribution in [0.15, 0.2) is 78.9 Å². The number of amides is 4. The van der Waals surface area contributed by atoms with Crippen molar-refractivity contribution >= 4 is 23.5 Å². The minimum Gasteiger partial charge on any atom is -0.395 e. The van der Waals surface area contributed by atoms with Crippen LogP contribution in [-0.4, -0.2) is 47.5 Å². The third-order valence-corrected chi connectivity index (χ3v) is 7.95. The maximum Gasteiger partial charge on any atom is 0.324 e. The number of likely N-dealkylation sites (N-methyl/N-ethyl adjacent to an activating group) is 1. The molecule has 3 aromatic carbocycles. The number of aliphatic hydroxyl groups excluding tert-OH is 1. The highest BCUT2D eigenvalue weighted by molar-refractivity contribution is 5.92. The molecule has 0 saturated heterocycles. The summed E-state index contributed by atoms with van der Waals surface area (Å²) in [6, 6.07) is 21.6. The molecule has 9 heteroatoms. The number of halogens is 1. The van der Waals surface area contributed by atoms with Gasteiger partial charge in [-0.2, -0.15) is 0 Å². The number of nitrogens with two attached hydrogens (primary N) is 1. The number of nitrogens with one attached hydrogen (secondary N) is 1. The van der Waals surface area contributed by atoms with E-state index in [-0.39, 0.29) is 36.9 Å². The Balaban J connectivity index is 1.51. The molecule has 4 amide bonds. The van der Waals surface area contributed by atoms with Gasteiger partial charge in [0.1, 0.15) is 11.9 Å². The van der Waals surface area contributed by atoms with Crippen molar-refractivity contribution in [3.05, 3.63) is 101 Å². The Kier molecular flexibility index (Phi) is 10.7. The van der Waals surface area contributed by atoms with E-state index in [4.69, 9.17) is 5.73 Å². The molecule has 3 aromatic rings. The summed E-state index contributed by atoms with van der Waals surface area (Å²) < 4.78 is 13.4. The molecule has 0 aromatic heterocycles. The van der Waals surface area contributed by atoms with Crippen LogP contribution in [0.1, 0.15) is 61.3 Å². The molecule has 4 rings (SSSR count). The van der Waals surface area contributed by atoms with E-state index in [0.29, 0.717) is 25.1 Å². The third-order valence-electron chi connectivity index (χ3n) is 7.95. The minimum atomic E-state index is -1.04. The second-order valence-corrected chi connectivity index (χ2v) is 10.6. The molecule has 0 aliphatic heterocycles. The highest BCUT2D eigenvalue weighted by Gasteiger charge is 2.34. The van der Waals surface area contributed by atoms with Gasteiger partial charge in [-0.05, 0) is 66.6 Å². The number of carbonyl (C=O) groups excluding carboxylic acids is 3. The van der Waals surface area contributed by atoms with Gasteiger partial charge in [0.05, 0.1) is 13.2 Å². The van der Waals surface area contributed by atoms with E-state index in [9.17, 15) is 23.9 Å². The largest absolute Gasteiger partial charge is 0.395 e. The van der Waals surface area contributed by atoms with Crippen LogP contribution in [0.25, 0.3) is 0 Å². The number of primary amides is 1. The summed E-state index contributed by atoms with van der Waals surface area (Å²) in [7, 11) is 0. The number of para-hydroxylation sites is 1. The monoisotopic (exact) mass is 574 g/mol. The van der Waals surface area contributed by atoms with Gasteiger partial charge in [0, 0.05) is 24.7 Å². The number of benzene rings is 3. The van der Waals surface area contributed by atoms with Gasteiger partial charge in [-0.25, -0.2) is 9.18 Å². The minimum absolute atomic E-state index is 0.0402. The van der Waals surface area contributed by atoms with E-state index >= 15 is 0 Å². The van der Waals surface area contributed by atoms with Gasteiger partial charge in [-0.1, -0.05) is 67.4 Å². The second kappa shape index (κ2) is 14.6. The van der Waals surface area contributed by atoms with E-state index in [1.54, 1.807) is 9.80 Å². The average Bonchev–Trinajstić information content (AvgIpc) is 3.02. The number of hydrogen-bond donors (Lipinski definition) is 3. The fraction of sp³-hybridized carbons (Fsp3) is 0.364. The maximum atomic E-state index is 13.5. The van der Waals surface area contributed by atoms with E-state index in [0.717, 1.165) is 36.1 Å². The fourth-order valence-corrected chi connectivity index (χ4v) is 5.68. The molecule has 0 spiro atoms. The lowest BCUT2D eigenvalue weighted by Crippen LogP contribution is -2.44. The van der Waals surface area contributed by atoms with Crippen LogP contribution >= 0.6 is 0 Å². The molecule has 8 nitrogen and oxygen atoms in total. The highest BCUT2D eigenvalue weighted by atomic mass is 19.1. The number of aliphatic hydroxyl groups is 1. The first-order valence-corrected chi connectivity index (χ1v) is 14.5. The van der Waals surface area contributed by atoms with Crippen molar-refractivity contribution in [3.8, 4) is 0 Å². The lowest BCUT2D eigenvalue weighted by molar-refractivity contribution is -0.131. The second-order valence-electron chi connectivity index (χ2n) is 10.6. The third kappa shape index (κ3) is 7.53. The molecule has 42 heavy (non-hydrogen) atoms. The SMILES string of the molecule is CCN(CCO)C(=O)N(Cc1ccc([C@@H]2CCCC[C@H]2C(=O)N[C@H](C(N)=O)c2ccc(F)cc2)cc1)c1ccccc1. The van der Waals surface area contributed by atoms with Crippen LogP contribution in [-0.2, 0) is 16.1 Å². The molecule has 0 heterocycles. The maximum absolute atomic E-state index is 13.5. The van der Waals surface area contributed by atoms with Gasteiger partial charge >= 0.3 is 6.03 Å². The van der Waals surface area contributed by atoms with Gasteiger partial charge < -0.3 is 21.1 Å². The number of anilines is 1. The molecule has 1 aliphatic rings. The number of urea groups is 1. The lowest BCUT2D eigenvalue weighted by Gasteiger charge is -2.32. The summed E-state index contributed by atoms with van der Waals surface area (Å²) in [4.78, 5) is 42.4. The zero-order chi connectivity index (χ0) is 30.1. The Bertz CT molecular complexity index is 1330. The first-order chi connectivity index (χ1) is 20.3. The van der Waals surface area contributed by atoms with Crippen LogP contribution in [0.3, 0.4) is 0 Å². The Morgan fingerprint density at radius 1 is 0.976 bits per heavy atom. The van der Waals surface area contributed by atoms with Crippen LogP contribution in [0, 0.1) is 11.7 Å². The first-order valence-electron chi connectivity index (χ1n) is 14.5. The van der Waals surface area contributed by atoms with Gasteiger partial charge in [0.2, 0.25) is 11.8 Å². The van der Waals surface area contributed by atoms with Crippen LogP contribution < -0.4 is 16.0 Å². The zero-order valence-corrected chi connectivity index (χ0v) is 23.9. The fourth-order valence-electron chi connectivity index (χ4n) is 5.68. The van der Waals surface area contributed by atoms with Crippen molar-refractivity contribution in [1.29, 1.82) is 0 Å². The predicted molar refractivity (Wildman–Crippen MR) is 160 cm³/mol. The lowest BCUT2D eigenvalue weighted by atomic mass is 9.74. The molecule has 4 N–H and O–H groups in total. The Labute approximate surface area is 246 Å². The molecular weight excluding hydrogens is 535 g/mol. The molecule has 0 radical (unpaired) electrons. The smallest absolute Gasteiger partial charge is 0.324 e. The van der Waals surface area contributed by atoms with Crippen molar-refractivity contribution in [3.63, 3.8) is 0 Å². The van der Waals surface area contributed by atoms with Crippen LogP contribution in [0.5, 0.6) is 0 Å². The quantitative estimate of drug-likeness (QED) is 0.303. The van der Waals surface area contributed by atoms with Crippen molar-refractivity contribution in [2.45, 2.75) is 51.1 Å². The van der Waals surface area contributed by atoms with E-state index < -0.39 is 17.8 Å². The Morgan fingerprint density at radius 3 is 2.26 bits per heavy atom. The Morgan fingerprint density at radius 2 is 1.64 bits per heavy atom. The first kappa shape index (κ1) is 30.7. The van der Waals surface area contributed by atoms with Gasteiger partial charge in [-0.3, -0.25) is 14.5 Å². The van der Waals surface area contributed by atoms with Crippen LogP contribution in [0.2, 0.25) is 0 Å². The molecule has 222 valence electrons. The van der Waals surface area contributed by atoms with Crippen LogP contribution in [0.4, 0.5) is 14.9 Å². The predicted octanol–water partition coefficient (Wildman–Crippen LogP) is 4.88. The normalized spacial score (nSPS) is 17.2. The van der Waals surface area contributed by atoms with E-state index in [1.165, 1.54) is 24.3 Å². The molecule has 1 saturated carbocycles. The van der Waals surface area contributed by atoms with Crippen molar-refractivity contribution in [2.24, 2.45) is 11.7 Å². The molecule has 1 fully saturated rings. The molecular formula is C33H39FN4O4. The van der Waals surface area contributed by atoms with Gasteiger partial charge in [-0.15, -0.1) is 0 Å². The van der Waals surface area contributed by atoms with Crippen molar-refractivity contribution < 1.29 is 23.9 Å². The summed E-state index contributed by atoms with van der Waals surface area (Å²) in [5, 5.41) is 12.3. The molecule has 0 unspecified atom stereocenters. The molecule has 1 aliphatic carbocycles. The summed E-state index contributed by atoms with van der Waals surface area (Å²) in [5.41, 5.74) is 8.75. The van der Waals surface area contributed by atoms with Crippen molar-refractivity contribution in [1.82, 2.24) is 10.2 Å². The van der Waals surface area contributed by atoms with E-state index in [2.05, 4.69) is 5.32 Å². The summed E-state index contributed by atoms with van der Waals surface area (Å²) in [6.45, 7) is 2.84. The number of carbonyl (C=O) groups is 3. The molecule has 0 bridgehead atoms. The topological polar surface area (TPSA) is 116 Å². The number of nitrogens with zero attached hydrogens (tertiary/aromatic N) is 2. The summed E-state index contributed by atoms with van der Waals surface area (Å²) >= 11 is 0. The average molecular weight is 575 g/mol.